The quantitative estimate of drug-likeness (QED) is 0.581. The van der Waals surface area contributed by atoms with E-state index in [1.165, 1.54) is 0 Å². The molecule has 8 heteroatoms. The van der Waals surface area contributed by atoms with Crippen LogP contribution in [0.3, 0.4) is 0 Å². The summed E-state index contributed by atoms with van der Waals surface area (Å²) in [5.74, 6) is -0.236. The first-order valence-electron chi connectivity index (χ1n) is 10.3. The van der Waals surface area contributed by atoms with Crippen LogP contribution in [0.5, 0.6) is 5.75 Å². The van der Waals surface area contributed by atoms with Gasteiger partial charge in [0.1, 0.15) is 6.26 Å². The molecule has 1 aromatic carbocycles. The van der Waals surface area contributed by atoms with E-state index >= 15 is 0 Å². The van der Waals surface area contributed by atoms with Crippen molar-refractivity contribution >= 4 is 23.1 Å². The van der Waals surface area contributed by atoms with Gasteiger partial charge in [0.05, 0.1) is 12.5 Å². The van der Waals surface area contributed by atoms with E-state index in [1.807, 2.05) is 0 Å². The van der Waals surface area contributed by atoms with Gasteiger partial charge in [-0.15, -0.1) is 0 Å². The minimum Gasteiger partial charge on any atom is -0.612 e. The summed E-state index contributed by atoms with van der Waals surface area (Å²) in [5, 5.41) is 15.4. The highest BCUT2D eigenvalue weighted by molar-refractivity contribution is 7.90. The van der Waals surface area contributed by atoms with Crippen molar-refractivity contribution in [2.75, 3.05) is 26.0 Å². The number of carboxylic acids is 1. The Morgan fingerprint density at radius 3 is 2.52 bits per heavy atom. The maximum atomic E-state index is 12.6. The van der Waals surface area contributed by atoms with Crippen molar-refractivity contribution in [2.24, 2.45) is 11.8 Å². The van der Waals surface area contributed by atoms with E-state index in [0.717, 1.165) is 25.9 Å². The SMILES string of the molecule is C[S+]([O-])c1cc(C(=O)N[C@H]2CC[C@H](C(=O)O)CC2)ccc1OCC1CCNCC1. The molecule has 1 amide bonds. The van der Waals surface area contributed by atoms with Crippen LogP contribution >= 0.6 is 0 Å². The van der Waals surface area contributed by atoms with Crippen LogP contribution in [0.4, 0.5) is 0 Å². The molecule has 2 aliphatic rings. The lowest BCUT2D eigenvalue weighted by Gasteiger charge is -2.27. The molecule has 3 rings (SSSR count). The average molecular weight is 423 g/mol. The molecule has 29 heavy (non-hydrogen) atoms. The summed E-state index contributed by atoms with van der Waals surface area (Å²) in [5.41, 5.74) is 0.449. The minimum absolute atomic E-state index is 0.0236. The Balaban J connectivity index is 1.59. The van der Waals surface area contributed by atoms with Gasteiger partial charge in [-0.1, -0.05) is 0 Å². The van der Waals surface area contributed by atoms with Gasteiger partial charge in [0.25, 0.3) is 5.91 Å². The molecule has 0 spiro atoms. The standard InChI is InChI=1S/C21H30N2O5S/c1-29(27)19-12-16(4-7-18(19)28-13-14-8-10-22-11-9-14)20(24)23-17-5-2-15(3-6-17)21(25)26/h4,7,12,14-15,17,22H,2-3,5-6,8-11,13H2,1H3,(H,23,24)(H,25,26)/t15-,17-,29?. The lowest BCUT2D eigenvalue weighted by Crippen LogP contribution is -2.38. The average Bonchev–Trinajstić information content (AvgIpc) is 2.73. The molecule has 0 bridgehead atoms. The predicted molar refractivity (Wildman–Crippen MR) is 111 cm³/mol. The van der Waals surface area contributed by atoms with E-state index in [9.17, 15) is 14.1 Å². The molecule has 1 heterocycles. The van der Waals surface area contributed by atoms with Gasteiger partial charge in [0, 0.05) is 17.7 Å². The molecule has 0 radical (unpaired) electrons. The van der Waals surface area contributed by atoms with Crippen LogP contribution in [0, 0.1) is 11.8 Å². The smallest absolute Gasteiger partial charge is 0.306 e. The number of hydrogen-bond acceptors (Lipinski definition) is 5. The van der Waals surface area contributed by atoms with Crippen molar-refractivity contribution in [1.82, 2.24) is 10.6 Å². The van der Waals surface area contributed by atoms with Gasteiger partial charge in [-0.05, 0) is 80.8 Å². The normalized spacial score (nSPS) is 23.9. The third-order valence-electron chi connectivity index (χ3n) is 5.86. The molecule has 1 saturated carbocycles. The fraction of sp³-hybridized carbons (Fsp3) is 0.619. The second-order valence-corrected chi connectivity index (χ2v) is 9.33. The first-order chi connectivity index (χ1) is 13.9. The highest BCUT2D eigenvalue weighted by Gasteiger charge is 2.27. The third-order valence-corrected chi connectivity index (χ3v) is 6.80. The topological polar surface area (TPSA) is 111 Å². The molecule has 1 unspecified atom stereocenters. The Labute approximate surface area is 174 Å². The van der Waals surface area contributed by atoms with Gasteiger partial charge in [0.2, 0.25) is 0 Å². The van der Waals surface area contributed by atoms with Crippen LogP contribution in [0.1, 0.15) is 48.9 Å². The zero-order valence-electron chi connectivity index (χ0n) is 16.8. The van der Waals surface area contributed by atoms with Crippen LogP contribution in [0.2, 0.25) is 0 Å². The van der Waals surface area contributed by atoms with Gasteiger partial charge in [-0.25, -0.2) is 0 Å². The number of amides is 1. The van der Waals surface area contributed by atoms with Crippen molar-refractivity contribution < 1.29 is 24.0 Å². The molecule has 0 aromatic heterocycles. The second-order valence-electron chi connectivity index (χ2n) is 7.98. The summed E-state index contributed by atoms with van der Waals surface area (Å²) < 4.78 is 18.2. The number of carbonyl (C=O) groups is 2. The van der Waals surface area contributed by atoms with Crippen LogP contribution in [-0.4, -0.2) is 53.5 Å². The van der Waals surface area contributed by atoms with Gasteiger partial charge in [-0.2, -0.15) is 0 Å². The van der Waals surface area contributed by atoms with E-state index < -0.39 is 17.1 Å². The summed E-state index contributed by atoms with van der Waals surface area (Å²) in [6, 6.07) is 5.05. The number of aliphatic carboxylic acids is 1. The van der Waals surface area contributed by atoms with Gasteiger partial charge in [-0.3, -0.25) is 9.59 Å². The van der Waals surface area contributed by atoms with Gasteiger partial charge < -0.3 is 25.0 Å². The number of benzene rings is 1. The minimum atomic E-state index is -1.27. The molecule has 7 nitrogen and oxygen atoms in total. The largest absolute Gasteiger partial charge is 0.612 e. The number of nitrogens with one attached hydrogen (secondary N) is 2. The van der Waals surface area contributed by atoms with E-state index in [-0.39, 0.29) is 17.9 Å². The molecule has 1 aromatic rings. The number of carboxylic acid groups (broad SMARTS) is 1. The number of ether oxygens (including phenoxy) is 1. The highest BCUT2D eigenvalue weighted by atomic mass is 32.2. The maximum Gasteiger partial charge on any atom is 0.306 e. The van der Waals surface area contributed by atoms with Crippen molar-refractivity contribution in [3.8, 4) is 5.75 Å². The molecule has 1 saturated heterocycles. The molecule has 1 atom stereocenters. The van der Waals surface area contributed by atoms with Crippen molar-refractivity contribution in [1.29, 1.82) is 0 Å². The molecule has 2 fully saturated rings. The van der Waals surface area contributed by atoms with E-state index in [4.69, 9.17) is 9.84 Å². The van der Waals surface area contributed by atoms with Crippen molar-refractivity contribution in [2.45, 2.75) is 49.5 Å². The number of rotatable bonds is 7. The Morgan fingerprint density at radius 2 is 1.90 bits per heavy atom. The Kier molecular flexibility index (Phi) is 7.80. The Bertz CT molecular complexity index is 713. The molecule has 3 N–H and O–H groups in total. The summed E-state index contributed by atoms with van der Waals surface area (Å²) in [6.07, 6.45) is 6.19. The molecule has 160 valence electrons. The highest BCUT2D eigenvalue weighted by Crippen LogP contribution is 2.28. The van der Waals surface area contributed by atoms with Crippen LogP contribution in [-0.2, 0) is 16.0 Å². The first kappa shape index (κ1) is 21.9. The maximum absolute atomic E-state index is 12.6. The predicted octanol–water partition coefficient (Wildman–Crippen LogP) is 2.18. The second kappa shape index (κ2) is 10.3. The zero-order valence-corrected chi connectivity index (χ0v) is 17.6. The molecule has 1 aliphatic heterocycles. The van der Waals surface area contributed by atoms with E-state index in [2.05, 4.69) is 10.6 Å². The monoisotopic (exact) mass is 422 g/mol. The van der Waals surface area contributed by atoms with Crippen molar-refractivity contribution in [3.05, 3.63) is 23.8 Å². The van der Waals surface area contributed by atoms with Crippen LogP contribution in [0.15, 0.2) is 23.1 Å². The Morgan fingerprint density at radius 1 is 1.21 bits per heavy atom. The fourth-order valence-corrected chi connectivity index (χ4v) is 4.71. The van der Waals surface area contributed by atoms with E-state index in [1.54, 1.807) is 24.5 Å². The third kappa shape index (κ3) is 6.10. The van der Waals surface area contributed by atoms with Gasteiger partial charge in [0.15, 0.2) is 10.6 Å². The number of piperidine rings is 1. The van der Waals surface area contributed by atoms with E-state index in [0.29, 0.717) is 54.4 Å². The first-order valence-corrected chi connectivity index (χ1v) is 11.8. The van der Waals surface area contributed by atoms with Crippen LogP contribution in [0.25, 0.3) is 0 Å². The lowest BCUT2D eigenvalue weighted by atomic mass is 9.86. The zero-order chi connectivity index (χ0) is 20.8. The van der Waals surface area contributed by atoms with Crippen LogP contribution < -0.4 is 15.4 Å². The summed E-state index contributed by atoms with van der Waals surface area (Å²) in [4.78, 5) is 24.2. The molecular formula is C21H30N2O5S. The lowest BCUT2D eigenvalue weighted by molar-refractivity contribution is -0.142. The molecular weight excluding hydrogens is 392 g/mol. The van der Waals surface area contributed by atoms with Gasteiger partial charge >= 0.3 is 5.97 Å². The Hall–Kier alpha value is -1.77. The number of carbonyl (C=O) groups excluding carboxylic acids is 1. The molecule has 1 aliphatic carbocycles. The summed E-state index contributed by atoms with van der Waals surface area (Å²) in [7, 11) is 0. The van der Waals surface area contributed by atoms with Crippen molar-refractivity contribution in [3.63, 3.8) is 0 Å². The fourth-order valence-electron chi connectivity index (χ4n) is 4.00. The summed E-state index contributed by atoms with van der Waals surface area (Å²) in [6.45, 7) is 2.58. The summed E-state index contributed by atoms with van der Waals surface area (Å²) >= 11 is -1.27. The number of hydrogen-bond donors (Lipinski definition) is 3.